The normalized spacial score (nSPS) is 12.4. The van der Waals surface area contributed by atoms with E-state index < -0.39 is 0 Å². The van der Waals surface area contributed by atoms with Gasteiger partial charge in [-0.05, 0) is 107 Å². The van der Waals surface area contributed by atoms with Crippen molar-refractivity contribution in [2.45, 2.75) is 20.3 Å². The zero-order valence-corrected chi connectivity index (χ0v) is 28.9. The Morgan fingerprint density at radius 1 is 0.412 bits per heavy atom. The average molecular weight is 655 g/mol. The summed E-state index contributed by atoms with van der Waals surface area (Å²) >= 11 is 0. The lowest BCUT2D eigenvalue weighted by Gasteiger charge is -2.12. The number of fused-ring (bicyclic) bond motifs is 4. The molecule has 0 aliphatic heterocycles. The third-order valence-electron chi connectivity index (χ3n) is 10.2. The molecule has 0 N–H and O–H groups in total. The first-order chi connectivity index (χ1) is 25.2. The number of benzene rings is 7. The summed E-state index contributed by atoms with van der Waals surface area (Å²) in [6.07, 6.45) is 5.58. The minimum Gasteiger partial charge on any atom is -0.310 e. The summed E-state index contributed by atoms with van der Waals surface area (Å²) in [6, 6.07) is 61.8. The fraction of sp³-hybridized carbons (Fsp3) is 0.0612. The van der Waals surface area contributed by atoms with Crippen LogP contribution in [0.3, 0.4) is 0 Å². The van der Waals surface area contributed by atoms with Crippen LogP contribution in [0, 0.1) is 0 Å². The standard InChI is InChI=1S/C49H38N2/c1-3-15-46-42(4-2)44-32-38(26-28-48(44)50(46)40-21-9-6-10-22-40)39-27-29-49-45(33-39)43-24-11-12-25-47(43)51(49)41-23-14-20-37(31-41)36-19-13-18-35(30-36)34-16-7-5-8-17-34/h4-33H,3H2,1-2H3/b42-4-,46-15+. The van der Waals surface area contributed by atoms with E-state index in [9.17, 15) is 0 Å². The van der Waals surface area contributed by atoms with Crippen LogP contribution in [0.15, 0.2) is 170 Å². The predicted octanol–water partition coefficient (Wildman–Crippen LogP) is 11.7. The predicted molar refractivity (Wildman–Crippen MR) is 218 cm³/mol. The molecule has 0 amide bonds. The van der Waals surface area contributed by atoms with Gasteiger partial charge in [-0.15, -0.1) is 0 Å². The Kier molecular flexibility index (Phi) is 7.71. The second-order valence-corrected chi connectivity index (χ2v) is 13.2. The quantitative estimate of drug-likeness (QED) is 0.169. The van der Waals surface area contributed by atoms with E-state index in [2.05, 4.69) is 205 Å². The monoisotopic (exact) mass is 654 g/mol. The van der Waals surface area contributed by atoms with Crippen LogP contribution < -0.4 is 10.6 Å². The molecule has 0 atom stereocenters. The molecule has 2 heterocycles. The lowest BCUT2D eigenvalue weighted by atomic mass is 9.99. The lowest BCUT2D eigenvalue weighted by molar-refractivity contribution is 1.06. The second-order valence-electron chi connectivity index (χ2n) is 13.2. The van der Waals surface area contributed by atoms with Gasteiger partial charge in [0.05, 0.1) is 16.6 Å². The number of hydrogen-bond donors (Lipinski definition) is 0. The van der Waals surface area contributed by atoms with Crippen LogP contribution in [-0.4, -0.2) is 9.13 Å². The van der Waals surface area contributed by atoms with Gasteiger partial charge in [0.15, 0.2) is 0 Å². The van der Waals surface area contributed by atoms with Crippen LogP contribution in [0.2, 0.25) is 0 Å². The molecule has 2 heteroatoms. The van der Waals surface area contributed by atoms with Crippen molar-refractivity contribution in [1.29, 1.82) is 0 Å². The van der Waals surface area contributed by atoms with E-state index in [1.54, 1.807) is 0 Å². The van der Waals surface area contributed by atoms with Crippen LogP contribution in [0.1, 0.15) is 20.3 Å². The molecule has 7 aromatic carbocycles. The van der Waals surface area contributed by atoms with Crippen molar-refractivity contribution < 1.29 is 0 Å². The summed E-state index contributed by atoms with van der Waals surface area (Å²) in [7, 11) is 0. The zero-order chi connectivity index (χ0) is 34.3. The molecule has 0 radical (unpaired) electrons. The number of rotatable bonds is 6. The number of aromatic nitrogens is 2. The highest BCUT2D eigenvalue weighted by Gasteiger charge is 2.15. The average Bonchev–Trinajstić information content (AvgIpc) is 3.70. The highest BCUT2D eigenvalue weighted by Crippen LogP contribution is 2.37. The third kappa shape index (κ3) is 5.28. The van der Waals surface area contributed by atoms with E-state index in [1.165, 1.54) is 82.3 Å². The molecule has 9 rings (SSSR count). The van der Waals surface area contributed by atoms with Crippen LogP contribution in [0.4, 0.5) is 0 Å². The van der Waals surface area contributed by atoms with E-state index in [-0.39, 0.29) is 0 Å². The fourth-order valence-electron chi connectivity index (χ4n) is 7.83. The minimum absolute atomic E-state index is 0.973. The molecule has 9 aromatic rings. The summed E-state index contributed by atoms with van der Waals surface area (Å²) in [5.74, 6) is 0. The largest absolute Gasteiger partial charge is 0.310 e. The Balaban J connectivity index is 1.18. The van der Waals surface area contributed by atoms with Crippen LogP contribution >= 0.6 is 0 Å². The maximum absolute atomic E-state index is 2.42. The highest BCUT2D eigenvalue weighted by molar-refractivity contribution is 6.10. The zero-order valence-electron chi connectivity index (χ0n) is 28.9. The van der Waals surface area contributed by atoms with Gasteiger partial charge >= 0.3 is 0 Å². The molecule has 0 saturated heterocycles. The highest BCUT2D eigenvalue weighted by atomic mass is 15.0. The summed E-state index contributed by atoms with van der Waals surface area (Å²) < 4.78 is 4.82. The minimum atomic E-state index is 0.973. The van der Waals surface area contributed by atoms with Gasteiger partial charge in [-0.25, -0.2) is 0 Å². The van der Waals surface area contributed by atoms with E-state index in [0.717, 1.165) is 12.1 Å². The first kappa shape index (κ1) is 30.7. The molecule has 0 aliphatic carbocycles. The summed E-state index contributed by atoms with van der Waals surface area (Å²) in [5, 5.41) is 6.32. The molecular weight excluding hydrogens is 617 g/mol. The Morgan fingerprint density at radius 3 is 1.67 bits per heavy atom. The lowest BCUT2D eigenvalue weighted by Crippen LogP contribution is -2.28. The molecule has 0 aliphatic rings. The summed E-state index contributed by atoms with van der Waals surface area (Å²) in [6.45, 7) is 4.36. The van der Waals surface area contributed by atoms with Crippen molar-refractivity contribution in [3.8, 4) is 44.8 Å². The van der Waals surface area contributed by atoms with Crippen LogP contribution in [0.25, 0.3) is 89.6 Å². The number of hydrogen-bond acceptors (Lipinski definition) is 0. The van der Waals surface area contributed by atoms with Crippen molar-refractivity contribution in [3.63, 3.8) is 0 Å². The van der Waals surface area contributed by atoms with Crippen molar-refractivity contribution in [2.24, 2.45) is 0 Å². The molecule has 0 saturated carbocycles. The van der Waals surface area contributed by atoms with Gasteiger partial charge in [0.25, 0.3) is 0 Å². The van der Waals surface area contributed by atoms with E-state index in [0.29, 0.717) is 0 Å². The van der Waals surface area contributed by atoms with Crippen molar-refractivity contribution in [1.82, 2.24) is 9.13 Å². The SMILES string of the molecule is C/C=c1\c(=C/CC)n(-c2ccccc2)c2ccc(-c3ccc4c(c3)c3ccccc3n4-c3cccc(-c4cccc(-c5ccccc5)c4)c3)cc12. The molecule has 244 valence electrons. The molecule has 0 bridgehead atoms. The van der Waals surface area contributed by atoms with Crippen LogP contribution in [0.5, 0.6) is 0 Å². The fourth-order valence-corrected chi connectivity index (χ4v) is 7.83. The number of para-hydroxylation sites is 2. The Morgan fingerprint density at radius 2 is 0.941 bits per heavy atom. The molecule has 2 aromatic heterocycles. The second kappa shape index (κ2) is 12.8. The van der Waals surface area contributed by atoms with E-state index in [1.807, 2.05) is 0 Å². The maximum Gasteiger partial charge on any atom is 0.0541 e. The van der Waals surface area contributed by atoms with Crippen molar-refractivity contribution in [2.75, 3.05) is 0 Å². The van der Waals surface area contributed by atoms with Crippen molar-refractivity contribution in [3.05, 3.63) is 180 Å². The van der Waals surface area contributed by atoms with Gasteiger partial charge in [0, 0.05) is 38.1 Å². The van der Waals surface area contributed by atoms with E-state index in [4.69, 9.17) is 0 Å². The summed E-state index contributed by atoms with van der Waals surface area (Å²) in [5.41, 5.74) is 13.3. The van der Waals surface area contributed by atoms with Gasteiger partial charge < -0.3 is 9.13 Å². The third-order valence-corrected chi connectivity index (χ3v) is 10.2. The summed E-state index contributed by atoms with van der Waals surface area (Å²) in [4.78, 5) is 0. The van der Waals surface area contributed by atoms with Gasteiger partial charge in [-0.1, -0.05) is 128 Å². The smallest absolute Gasteiger partial charge is 0.0541 e. The van der Waals surface area contributed by atoms with Crippen molar-refractivity contribution >= 4 is 44.9 Å². The number of nitrogens with zero attached hydrogens (tertiary/aromatic N) is 2. The Bertz CT molecular complexity index is 2840. The maximum atomic E-state index is 2.42. The first-order valence-corrected chi connectivity index (χ1v) is 17.9. The molecular formula is C49H38N2. The van der Waals surface area contributed by atoms with Gasteiger partial charge in [0.1, 0.15) is 0 Å². The van der Waals surface area contributed by atoms with Gasteiger partial charge in [0.2, 0.25) is 0 Å². The molecule has 0 fully saturated rings. The molecule has 0 spiro atoms. The Labute approximate surface area is 298 Å². The van der Waals surface area contributed by atoms with Gasteiger partial charge in [-0.3, -0.25) is 0 Å². The Hall–Kier alpha value is -6.38. The molecule has 0 unspecified atom stereocenters. The first-order valence-electron chi connectivity index (χ1n) is 17.9. The molecule has 2 nitrogen and oxygen atoms in total. The van der Waals surface area contributed by atoms with Gasteiger partial charge in [-0.2, -0.15) is 0 Å². The van der Waals surface area contributed by atoms with E-state index >= 15 is 0 Å². The molecule has 51 heavy (non-hydrogen) atoms. The van der Waals surface area contributed by atoms with Crippen LogP contribution in [-0.2, 0) is 0 Å². The topological polar surface area (TPSA) is 9.86 Å².